The average Bonchev–Trinajstić information content (AvgIpc) is 2.00. The maximum absolute atomic E-state index is 11.2. The van der Waals surface area contributed by atoms with Crippen molar-refractivity contribution in [1.29, 1.82) is 0 Å². The van der Waals surface area contributed by atoms with E-state index >= 15 is 0 Å². The minimum absolute atomic E-state index is 0.133. The Labute approximate surface area is 82.8 Å². The van der Waals surface area contributed by atoms with Crippen molar-refractivity contribution in [3.63, 3.8) is 0 Å². The molecule has 0 aliphatic rings. The quantitative estimate of drug-likeness (QED) is 0.559. The van der Waals surface area contributed by atoms with E-state index < -0.39 is 12.8 Å². The molecule has 0 aromatic rings. The molecule has 0 saturated heterocycles. The second-order valence-electron chi connectivity index (χ2n) is 2.79. The van der Waals surface area contributed by atoms with Gasteiger partial charge in [-0.1, -0.05) is 6.92 Å². The summed E-state index contributed by atoms with van der Waals surface area (Å²) in [7, 11) is -3.62. The predicted octanol–water partition coefficient (Wildman–Crippen LogP) is 2.14. The summed E-state index contributed by atoms with van der Waals surface area (Å²) in [5, 5.41) is -0.623. The van der Waals surface area contributed by atoms with Crippen molar-refractivity contribution in [3.8, 4) is 0 Å². The lowest BCUT2D eigenvalue weighted by Crippen LogP contribution is -2.07. The van der Waals surface area contributed by atoms with E-state index in [1.54, 1.807) is 6.92 Å². The lowest BCUT2D eigenvalue weighted by molar-refractivity contribution is -0.111. The van der Waals surface area contributed by atoms with E-state index in [-0.39, 0.29) is 18.7 Å². The van der Waals surface area contributed by atoms with Crippen molar-refractivity contribution in [3.05, 3.63) is 0 Å². The van der Waals surface area contributed by atoms with Gasteiger partial charge in [0.05, 0.1) is 12.3 Å². The summed E-state index contributed by atoms with van der Waals surface area (Å²) in [5.74, 6) is 0. The second kappa shape index (κ2) is 5.76. The fourth-order valence-corrected chi connectivity index (χ4v) is 2.17. The molecule has 13 heavy (non-hydrogen) atoms. The van der Waals surface area contributed by atoms with Crippen LogP contribution in [0, 0.1) is 0 Å². The van der Waals surface area contributed by atoms with Crippen LogP contribution < -0.4 is 0 Å². The number of carbonyl (C=O) groups is 1. The fraction of sp³-hybridized carbons (Fsp3) is 0.857. The third-order valence-electron chi connectivity index (χ3n) is 1.51. The molecule has 0 aliphatic carbocycles. The van der Waals surface area contributed by atoms with Crippen LogP contribution >= 0.6 is 19.2 Å². The average molecular weight is 229 g/mol. The second-order valence-corrected chi connectivity index (χ2v) is 5.14. The van der Waals surface area contributed by atoms with Crippen LogP contribution in [0.4, 0.5) is 0 Å². The van der Waals surface area contributed by atoms with Gasteiger partial charge in [0.1, 0.15) is 0 Å². The highest BCUT2D eigenvalue weighted by molar-refractivity contribution is 7.52. The molecule has 0 aromatic carbocycles. The Hall–Kier alpha value is 0.110. The summed E-state index contributed by atoms with van der Waals surface area (Å²) in [6, 6.07) is 0. The zero-order chi connectivity index (χ0) is 10.5. The predicted molar refractivity (Wildman–Crippen MR) is 51.0 cm³/mol. The zero-order valence-corrected chi connectivity index (χ0v) is 9.35. The summed E-state index contributed by atoms with van der Waals surface area (Å²) >= 11 is 5.03. The van der Waals surface area contributed by atoms with Crippen molar-refractivity contribution < 1.29 is 18.8 Å². The smallest absolute Gasteiger partial charge is 0.324 e. The minimum Gasteiger partial charge on any atom is -0.324 e. The fourth-order valence-electron chi connectivity index (χ4n) is 0.638. The van der Waals surface area contributed by atoms with Gasteiger partial charge in [-0.3, -0.25) is 9.36 Å². The van der Waals surface area contributed by atoms with E-state index in [9.17, 15) is 14.3 Å². The third kappa shape index (κ3) is 7.20. The SMILES string of the molecule is CCC(C)OP(=O)(O)CCC(=O)Cl. The molecule has 0 bridgehead atoms. The van der Waals surface area contributed by atoms with E-state index in [1.165, 1.54) is 0 Å². The van der Waals surface area contributed by atoms with Crippen LogP contribution in [-0.4, -0.2) is 22.4 Å². The molecule has 0 heterocycles. The van der Waals surface area contributed by atoms with Crippen molar-refractivity contribution in [2.45, 2.75) is 32.8 Å². The summed E-state index contributed by atoms with van der Waals surface area (Å²) in [6.07, 6.45) is 0.0337. The van der Waals surface area contributed by atoms with Gasteiger partial charge in [-0.05, 0) is 24.9 Å². The van der Waals surface area contributed by atoms with E-state index in [4.69, 9.17) is 16.1 Å². The highest BCUT2D eigenvalue weighted by atomic mass is 35.5. The van der Waals surface area contributed by atoms with Crippen LogP contribution in [0.3, 0.4) is 0 Å². The molecule has 0 aromatic heterocycles. The molecule has 0 radical (unpaired) electrons. The van der Waals surface area contributed by atoms with Gasteiger partial charge in [-0.2, -0.15) is 0 Å². The first-order valence-corrected chi connectivity index (χ1v) is 6.20. The van der Waals surface area contributed by atoms with Gasteiger partial charge in [-0.15, -0.1) is 0 Å². The molecule has 2 atom stereocenters. The first kappa shape index (κ1) is 13.1. The maximum Gasteiger partial charge on any atom is 0.328 e. The monoisotopic (exact) mass is 228 g/mol. The standard InChI is InChI=1S/C7H14ClO4P/c1-3-6(2)12-13(10,11)5-4-7(8)9/h6H,3-5H2,1-2H3,(H,10,11). The summed E-state index contributed by atoms with van der Waals surface area (Å²) in [5.41, 5.74) is 0. The molecular weight excluding hydrogens is 214 g/mol. The van der Waals surface area contributed by atoms with Crippen LogP contribution in [0.2, 0.25) is 0 Å². The number of hydrogen-bond acceptors (Lipinski definition) is 3. The van der Waals surface area contributed by atoms with Gasteiger partial charge < -0.3 is 9.42 Å². The Kier molecular flexibility index (Phi) is 5.81. The highest BCUT2D eigenvalue weighted by Gasteiger charge is 2.22. The maximum atomic E-state index is 11.2. The molecule has 0 spiro atoms. The van der Waals surface area contributed by atoms with Crippen molar-refractivity contribution in [2.24, 2.45) is 0 Å². The lowest BCUT2D eigenvalue weighted by Gasteiger charge is -2.15. The Bertz CT molecular complexity index is 219. The molecule has 4 nitrogen and oxygen atoms in total. The van der Waals surface area contributed by atoms with Gasteiger partial charge in [0, 0.05) is 6.42 Å². The summed E-state index contributed by atoms with van der Waals surface area (Å²) in [4.78, 5) is 19.5. The Morgan fingerprint density at radius 2 is 2.23 bits per heavy atom. The van der Waals surface area contributed by atoms with Crippen molar-refractivity contribution in [2.75, 3.05) is 6.16 Å². The first-order valence-electron chi connectivity index (χ1n) is 4.06. The highest BCUT2D eigenvalue weighted by Crippen LogP contribution is 2.44. The summed E-state index contributed by atoms with van der Waals surface area (Å²) in [6.45, 7) is 3.54. The van der Waals surface area contributed by atoms with Gasteiger partial charge in [0.2, 0.25) is 5.24 Å². The summed E-state index contributed by atoms with van der Waals surface area (Å²) < 4.78 is 16.0. The molecule has 1 N–H and O–H groups in total. The topological polar surface area (TPSA) is 63.6 Å². The molecule has 0 amide bonds. The van der Waals surface area contributed by atoms with Crippen LogP contribution in [0.5, 0.6) is 0 Å². The number of hydrogen-bond donors (Lipinski definition) is 1. The molecule has 6 heteroatoms. The largest absolute Gasteiger partial charge is 0.328 e. The molecule has 0 rings (SSSR count). The molecular formula is C7H14ClO4P. The van der Waals surface area contributed by atoms with E-state index in [0.29, 0.717) is 6.42 Å². The normalized spacial score (nSPS) is 17.8. The number of halogens is 1. The van der Waals surface area contributed by atoms with E-state index in [2.05, 4.69) is 0 Å². The van der Waals surface area contributed by atoms with Gasteiger partial charge in [-0.25, -0.2) is 0 Å². The van der Waals surface area contributed by atoms with Crippen molar-refractivity contribution >= 4 is 24.4 Å². The zero-order valence-electron chi connectivity index (χ0n) is 7.70. The molecule has 0 aliphatic heterocycles. The van der Waals surface area contributed by atoms with Gasteiger partial charge in [0.25, 0.3) is 0 Å². The third-order valence-corrected chi connectivity index (χ3v) is 3.18. The van der Waals surface area contributed by atoms with Crippen molar-refractivity contribution in [1.82, 2.24) is 0 Å². The Morgan fingerprint density at radius 1 is 1.69 bits per heavy atom. The van der Waals surface area contributed by atoms with Crippen LogP contribution in [0.15, 0.2) is 0 Å². The lowest BCUT2D eigenvalue weighted by atomic mass is 10.3. The molecule has 0 saturated carbocycles. The Morgan fingerprint density at radius 3 is 2.62 bits per heavy atom. The molecule has 0 fully saturated rings. The number of rotatable bonds is 6. The van der Waals surface area contributed by atoms with Crippen LogP contribution in [-0.2, 0) is 13.9 Å². The molecule has 78 valence electrons. The van der Waals surface area contributed by atoms with E-state index in [1.807, 2.05) is 6.92 Å². The van der Waals surface area contributed by atoms with Gasteiger partial charge in [0.15, 0.2) is 0 Å². The molecule has 2 unspecified atom stereocenters. The Balaban J connectivity index is 3.93. The van der Waals surface area contributed by atoms with Crippen LogP contribution in [0.1, 0.15) is 26.7 Å². The number of carbonyl (C=O) groups excluding carboxylic acids is 1. The first-order chi connectivity index (χ1) is 5.87. The van der Waals surface area contributed by atoms with E-state index in [0.717, 1.165) is 0 Å². The minimum atomic E-state index is -3.62. The van der Waals surface area contributed by atoms with Gasteiger partial charge >= 0.3 is 7.60 Å². The van der Waals surface area contributed by atoms with Crippen LogP contribution in [0.25, 0.3) is 0 Å².